The third kappa shape index (κ3) is 2.55. The molecule has 20 heavy (non-hydrogen) atoms. The number of carboxylic acid groups (broad SMARTS) is 1. The van der Waals surface area contributed by atoms with Crippen molar-refractivity contribution in [2.45, 2.75) is 0 Å². The zero-order chi connectivity index (χ0) is 13.9. The number of hydrogen-bond acceptors (Lipinski definition) is 5. The van der Waals surface area contributed by atoms with Crippen molar-refractivity contribution in [3.05, 3.63) is 41.3 Å². The van der Waals surface area contributed by atoms with Crippen molar-refractivity contribution in [2.24, 2.45) is 0 Å². The highest BCUT2D eigenvalue weighted by atomic mass is 32.1. The van der Waals surface area contributed by atoms with E-state index in [0.717, 1.165) is 29.2 Å². The molecule has 0 spiro atoms. The summed E-state index contributed by atoms with van der Waals surface area (Å²) < 4.78 is 5.36. The van der Waals surface area contributed by atoms with Crippen LogP contribution in [-0.2, 0) is 4.74 Å². The van der Waals surface area contributed by atoms with Gasteiger partial charge in [0.2, 0.25) is 0 Å². The summed E-state index contributed by atoms with van der Waals surface area (Å²) in [5.41, 5.74) is 1.98. The molecule has 1 saturated heterocycles. The Labute approximate surface area is 121 Å². The maximum absolute atomic E-state index is 11.1. The van der Waals surface area contributed by atoms with E-state index in [9.17, 15) is 9.90 Å². The van der Waals surface area contributed by atoms with Gasteiger partial charge in [-0.3, -0.25) is 0 Å². The van der Waals surface area contributed by atoms with Gasteiger partial charge in [-0.25, -0.2) is 0 Å². The van der Waals surface area contributed by atoms with Crippen molar-refractivity contribution >= 4 is 22.3 Å². The molecule has 1 aliphatic rings. The molecule has 0 aliphatic carbocycles. The molecule has 0 saturated carbocycles. The van der Waals surface area contributed by atoms with E-state index < -0.39 is 5.97 Å². The Hall–Kier alpha value is -1.85. The van der Waals surface area contributed by atoms with Gasteiger partial charge < -0.3 is 19.5 Å². The SMILES string of the molecule is O=C([O-])c1cc(-c2ccccc2)c(N2CCOCC2)s1. The van der Waals surface area contributed by atoms with Crippen LogP contribution in [0.1, 0.15) is 9.67 Å². The van der Waals surface area contributed by atoms with Crippen LogP contribution in [0.2, 0.25) is 0 Å². The van der Waals surface area contributed by atoms with E-state index in [4.69, 9.17) is 4.74 Å². The van der Waals surface area contributed by atoms with Gasteiger partial charge in [0.25, 0.3) is 0 Å². The number of rotatable bonds is 3. The molecule has 2 aromatic rings. The van der Waals surface area contributed by atoms with Crippen LogP contribution in [0.15, 0.2) is 36.4 Å². The van der Waals surface area contributed by atoms with Crippen molar-refractivity contribution in [3.8, 4) is 11.1 Å². The fourth-order valence-electron chi connectivity index (χ4n) is 2.31. The highest BCUT2D eigenvalue weighted by Gasteiger charge is 2.19. The molecule has 1 aromatic carbocycles. The summed E-state index contributed by atoms with van der Waals surface area (Å²) in [6.45, 7) is 2.92. The minimum absolute atomic E-state index is 0.269. The van der Waals surface area contributed by atoms with Crippen molar-refractivity contribution in [3.63, 3.8) is 0 Å². The summed E-state index contributed by atoms with van der Waals surface area (Å²) in [4.78, 5) is 13.6. The minimum Gasteiger partial charge on any atom is -0.544 e. The molecule has 104 valence electrons. The van der Waals surface area contributed by atoms with Gasteiger partial charge in [-0.1, -0.05) is 30.3 Å². The van der Waals surface area contributed by atoms with Crippen LogP contribution >= 0.6 is 11.3 Å². The molecule has 0 radical (unpaired) electrons. The lowest BCUT2D eigenvalue weighted by molar-refractivity contribution is -0.254. The van der Waals surface area contributed by atoms with E-state index in [2.05, 4.69) is 4.90 Å². The van der Waals surface area contributed by atoms with Gasteiger partial charge in [0.05, 0.1) is 29.1 Å². The van der Waals surface area contributed by atoms with Crippen LogP contribution in [0, 0.1) is 0 Å². The summed E-state index contributed by atoms with van der Waals surface area (Å²) in [6.07, 6.45) is 0. The van der Waals surface area contributed by atoms with Crippen LogP contribution in [0.25, 0.3) is 11.1 Å². The number of aromatic carboxylic acids is 1. The number of ether oxygens (including phenoxy) is 1. The Morgan fingerprint density at radius 3 is 2.55 bits per heavy atom. The zero-order valence-electron chi connectivity index (χ0n) is 10.9. The summed E-state index contributed by atoms with van der Waals surface area (Å²) in [5.74, 6) is -1.12. The van der Waals surface area contributed by atoms with Gasteiger partial charge in [0.1, 0.15) is 0 Å². The van der Waals surface area contributed by atoms with Gasteiger partial charge in [0.15, 0.2) is 0 Å². The van der Waals surface area contributed by atoms with Crippen LogP contribution in [0.3, 0.4) is 0 Å². The Morgan fingerprint density at radius 1 is 1.20 bits per heavy atom. The highest BCUT2D eigenvalue weighted by Crippen LogP contribution is 2.39. The summed E-state index contributed by atoms with van der Waals surface area (Å²) in [7, 11) is 0. The van der Waals surface area contributed by atoms with Crippen LogP contribution in [-0.4, -0.2) is 32.3 Å². The van der Waals surface area contributed by atoms with E-state index in [0.29, 0.717) is 13.2 Å². The number of thiophene rings is 1. The maximum atomic E-state index is 11.1. The number of hydrogen-bond donors (Lipinski definition) is 0. The largest absolute Gasteiger partial charge is 0.544 e. The molecule has 5 heteroatoms. The zero-order valence-corrected chi connectivity index (χ0v) is 11.7. The van der Waals surface area contributed by atoms with E-state index in [1.807, 2.05) is 30.3 Å². The first kappa shape index (κ1) is 13.1. The molecule has 2 heterocycles. The molecule has 0 bridgehead atoms. The maximum Gasteiger partial charge on any atom is 0.0996 e. The quantitative estimate of drug-likeness (QED) is 0.861. The lowest BCUT2D eigenvalue weighted by Gasteiger charge is -2.28. The average Bonchev–Trinajstić information content (AvgIpc) is 2.94. The minimum atomic E-state index is -1.12. The fraction of sp³-hybridized carbons (Fsp3) is 0.267. The summed E-state index contributed by atoms with van der Waals surface area (Å²) in [6, 6.07) is 11.5. The topological polar surface area (TPSA) is 52.6 Å². The van der Waals surface area contributed by atoms with E-state index in [1.54, 1.807) is 6.07 Å². The second-order valence-electron chi connectivity index (χ2n) is 4.58. The third-order valence-corrected chi connectivity index (χ3v) is 4.47. The molecule has 1 fully saturated rings. The number of benzene rings is 1. The Kier molecular flexibility index (Phi) is 3.71. The summed E-state index contributed by atoms with van der Waals surface area (Å²) in [5, 5.41) is 12.1. The Balaban J connectivity index is 2.04. The first-order valence-electron chi connectivity index (χ1n) is 6.49. The van der Waals surface area contributed by atoms with Crippen molar-refractivity contribution in [1.29, 1.82) is 0 Å². The lowest BCUT2D eigenvalue weighted by Crippen LogP contribution is -2.35. The molecular formula is C15H14NO3S-. The number of carbonyl (C=O) groups excluding carboxylic acids is 1. The smallest absolute Gasteiger partial charge is 0.0996 e. The molecule has 0 atom stereocenters. The highest BCUT2D eigenvalue weighted by molar-refractivity contribution is 7.18. The van der Waals surface area contributed by atoms with Gasteiger partial charge in [0, 0.05) is 18.7 Å². The molecule has 0 unspecified atom stereocenters. The predicted octanol–water partition coefficient (Wildman–Crippen LogP) is 1.62. The summed E-state index contributed by atoms with van der Waals surface area (Å²) >= 11 is 1.28. The molecular weight excluding hydrogens is 274 g/mol. The fourth-order valence-corrected chi connectivity index (χ4v) is 3.37. The van der Waals surface area contributed by atoms with E-state index in [1.165, 1.54) is 11.3 Å². The molecule has 1 aliphatic heterocycles. The number of carboxylic acids is 1. The number of morpholine rings is 1. The second-order valence-corrected chi connectivity index (χ2v) is 5.61. The first-order valence-corrected chi connectivity index (χ1v) is 7.30. The second kappa shape index (κ2) is 5.64. The standard InChI is InChI=1S/C15H15NO3S/c17-15(18)13-10-12(11-4-2-1-3-5-11)14(20-13)16-6-8-19-9-7-16/h1-5,10H,6-9H2,(H,17,18)/p-1. The first-order chi connectivity index (χ1) is 9.75. The third-order valence-electron chi connectivity index (χ3n) is 3.30. The van der Waals surface area contributed by atoms with E-state index >= 15 is 0 Å². The van der Waals surface area contributed by atoms with E-state index in [-0.39, 0.29) is 4.88 Å². The van der Waals surface area contributed by atoms with Gasteiger partial charge in [-0.2, -0.15) is 0 Å². The molecule has 0 N–H and O–H groups in total. The van der Waals surface area contributed by atoms with Crippen LogP contribution in [0.5, 0.6) is 0 Å². The van der Waals surface area contributed by atoms with Crippen molar-refractivity contribution in [2.75, 3.05) is 31.2 Å². The Bertz CT molecular complexity index is 603. The molecule has 1 aromatic heterocycles. The molecule has 4 nitrogen and oxygen atoms in total. The number of anilines is 1. The van der Waals surface area contributed by atoms with Crippen LogP contribution < -0.4 is 10.0 Å². The predicted molar refractivity (Wildman–Crippen MR) is 77.1 cm³/mol. The normalized spacial score (nSPS) is 15.3. The molecule has 0 amide bonds. The number of carbonyl (C=O) groups is 1. The molecule has 3 rings (SSSR count). The number of nitrogens with zero attached hydrogens (tertiary/aromatic N) is 1. The van der Waals surface area contributed by atoms with Gasteiger partial charge >= 0.3 is 0 Å². The lowest BCUT2D eigenvalue weighted by atomic mass is 10.1. The van der Waals surface area contributed by atoms with Crippen molar-refractivity contribution in [1.82, 2.24) is 0 Å². The monoisotopic (exact) mass is 288 g/mol. The van der Waals surface area contributed by atoms with Crippen molar-refractivity contribution < 1.29 is 14.6 Å². The van der Waals surface area contributed by atoms with Gasteiger partial charge in [-0.05, 0) is 11.6 Å². The Morgan fingerprint density at radius 2 is 1.90 bits per heavy atom. The average molecular weight is 288 g/mol. The van der Waals surface area contributed by atoms with Gasteiger partial charge in [-0.15, -0.1) is 11.3 Å². The van der Waals surface area contributed by atoms with Crippen LogP contribution in [0.4, 0.5) is 5.00 Å².